The van der Waals surface area contributed by atoms with Crippen molar-refractivity contribution in [3.8, 4) is 11.1 Å². The summed E-state index contributed by atoms with van der Waals surface area (Å²) in [6.45, 7) is 4.52. The van der Waals surface area contributed by atoms with Gasteiger partial charge >= 0.3 is 6.18 Å². The van der Waals surface area contributed by atoms with Crippen LogP contribution in [0.4, 0.5) is 23.2 Å². The number of rotatable bonds is 4. The van der Waals surface area contributed by atoms with E-state index in [0.29, 0.717) is 12.1 Å². The molecule has 3 aromatic carbocycles. The monoisotopic (exact) mass is 501 g/mol. The molecule has 0 amide bonds. The zero-order chi connectivity index (χ0) is 24.6. The minimum atomic E-state index is -4.40. The maximum absolute atomic E-state index is 13.9. The lowest BCUT2D eigenvalue weighted by Crippen LogP contribution is -2.56. The van der Waals surface area contributed by atoms with Gasteiger partial charge in [-0.2, -0.15) is 13.2 Å². The van der Waals surface area contributed by atoms with E-state index >= 15 is 0 Å². The van der Waals surface area contributed by atoms with E-state index in [9.17, 15) is 17.6 Å². The number of alkyl halides is 3. The van der Waals surface area contributed by atoms with Gasteiger partial charge in [-0.1, -0.05) is 42.5 Å². The molecule has 0 unspecified atom stereocenters. The van der Waals surface area contributed by atoms with Gasteiger partial charge in [0.2, 0.25) is 0 Å². The number of hydrogen-bond acceptors (Lipinski definition) is 4. The molecule has 0 aromatic heterocycles. The van der Waals surface area contributed by atoms with Crippen LogP contribution in [0.15, 0.2) is 72.8 Å². The third kappa shape index (κ3) is 4.92. The standard InChI is InChI=1S/C27H27F4N3S/c1-19-16-26(18-32-35-34(26)23-9-5-8-22(28)15-23)12-13-33(19)17-20-6-4-7-21(14-20)24-10-2-3-11-25(24)27(29,30)31/h2-11,14-15,19,32H,12-13,16-18H2,1H3/t19-,26+/m0/s1. The fraction of sp³-hybridized carbons (Fsp3) is 0.333. The number of piperidine rings is 1. The first-order valence-corrected chi connectivity index (χ1v) is 12.5. The average molecular weight is 502 g/mol. The first kappa shape index (κ1) is 24.2. The zero-order valence-electron chi connectivity index (χ0n) is 19.4. The summed E-state index contributed by atoms with van der Waals surface area (Å²) in [6.07, 6.45) is -2.59. The van der Waals surface area contributed by atoms with Crippen molar-refractivity contribution in [1.82, 2.24) is 9.62 Å². The van der Waals surface area contributed by atoms with Gasteiger partial charge in [-0.3, -0.25) is 9.21 Å². The molecule has 2 heterocycles. The molecule has 35 heavy (non-hydrogen) atoms. The first-order chi connectivity index (χ1) is 16.7. The van der Waals surface area contributed by atoms with Crippen molar-refractivity contribution < 1.29 is 17.6 Å². The lowest BCUT2D eigenvalue weighted by molar-refractivity contribution is -0.137. The molecular weight excluding hydrogens is 474 g/mol. The van der Waals surface area contributed by atoms with Gasteiger partial charge < -0.3 is 0 Å². The molecule has 184 valence electrons. The lowest BCUT2D eigenvalue weighted by atomic mass is 9.83. The van der Waals surface area contributed by atoms with Crippen molar-refractivity contribution in [3.63, 3.8) is 0 Å². The first-order valence-electron chi connectivity index (χ1n) is 11.7. The van der Waals surface area contributed by atoms with Crippen LogP contribution in [0.5, 0.6) is 0 Å². The average Bonchev–Trinajstić information content (AvgIpc) is 3.23. The molecular formula is C27H27F4N3S. The van der Waals surface area contributed by atoms with E-state index < -0.39 is 11.7 Å². The van der Waals surface area contributed by atoms with E-state index in [1.807, 2.05) is 24.3 Å². The van der Waals surface area contributed by atoms with Crippen LogP contribution in [0.3, 0.4) is 0 Å². The Balaban J connectivity index is 1.33. The molecule has 2 aliphatic heterocycles. The Bertz CT molecular complexity index is 1200. The SMILES string of the molecule is C[C@H]1C[C@]2(CCN1Cc1cccc(-c3ccccc3C(F)(F)F)c1)CNSN2c1cccc(F)c1. The maximum Gasteiger partial charge on any atom is 0.417 e. The number of nitrogens with one attached hydrogen (secondary N) is 1. The number of anilines is 1. The Morgan fingerprint density at radius 1 is 1.03 bits per heavy atom. The summed E-state index contributed by atoms with van der Waals surface area (Å²) >= 11 is 1.53. The van der Waals surface area contributed by atoms with Gasteiger partial charge in [0, 0.05) is 37.8 Å². The van der Waals surface area contributed by atoms with Gasteiger partial charge in [-0.15, -0.1) is 0 Å². The van der Waals surface area contributed by atoms with Crippen molar-refractivity contribution in [2.24, 2.45) is 0 Å². The van der Waals surface area contributed by atoms with Gasteiger partial charge in [0.25, 0.3) is 0 Å². The molecule has 0 bridgehead atoms. The van der Waals surface area contributed by atoms with Crippen molar-refractivity contribution >= 4 is 17.8 Å². The molecule has 0 aliphatic carbocycles. The van der Waals surface area contributed by atoms with E-state index in [1.54, 1.807) is 24.3 Å². The van der Waals surface area contributed by atoms with E-state index in [0.717, 1.165) is 43.2 Å². The van der Waals surface area contributed by atoms with E-state index in [-0.39, 0.29) is 23.0 Å². The summed E-state index contributed by atoms with van der Waals surface area (Å²) in [5.74, 6) is -0.248. The van der Waals surface area contributed by atoms with E-state index in [4.69, 9.17) is 0 Å². The quantitative estimate of drug-likeness (QED) is 0.309. The molecule has 2 fully saturated rings. The van der Waals surface area contributed by atoms with Crippen LogP contribution in [0.25, 0.3) is 11.1 Å². The molecule has 1 N–H and O–H groups in total. The molecule has 3 aromatic rings. The Kier molecular flexibility index (Phi) is 6.55. The highest BCUT2D eigenvalue weighted by Crippen LogP contribution is 2.43. The van der Waals surface area contributed by atoms with Crippen molar-refractivity contribution in [2.75, 3.05) is 17.4 Å². The molecule has 5 rings (SSSR count). The number of hydrogen-bond donors (Lipinski definition) is 1. The summed E-state index contributed by atoms with van der Waals surface area (Å²) in [6, 6.07) is 20.1. The molecule has 8 heteroatoms. The predicted molar refractivity (Wildman–Crippen MR) is 133 cm³/mol. The van der Waals surface area contributed by atoms with Gasteiger partial charge in [0.1, 0.15) is 5.82 Å². The highest BCUT2D eigenvalue weighted by molar-refractivity contribution is 7.99. The van der Waals surface area contributed by atoms with Crippen LogP contribution >= 0.6 is 12.1 Å². The van der Waals surface area contributed by atoms with Crippen molar-refractivity contribution in [2.45, 2.75) is 44.1 Å². The second-order valence-electron chi connectivity index (χ2n) is 9.43. The van der Waals surface area contributed by atoms with Gasteiger partial charge in [0.05, 0.1) is 16.8 Å². The molecule has 2 aliphatic rings. The third-order valence-corrected chi connectivity index (χ3v) is 8.10. The van der Waals surface area contributed by atoms with Crippen LogP contribution in [0, 0.1) is 5.82 Å². The number of halogens is 4. The minimum Gasteiger partial charge on any atom is -0.296 e. The number of likely N-dealkylation sites (tertiary alicyclic amines) is 1. The lowest BCUT2D eigenvalue weighted by Gasteiger charge is -2.47. The van der Waals surface area contributed by atoms with Crippen molar-refractivity contribution in [1.29, 1.82) is 0 Å². The number of nitrogens with zero attached hydrogens (tertiary/aromatic N) is 2. The summed E-state index contributed by atoms with van der Waals surface area (Å²) < 4.78 is 60.1. The predicted octanol–water partition coefficient (Wildman–Crippen LogP) is 6.91. The van der Waals surface area contributed by atoms with Gasteiger partial charge in [-0.25, -0.2) is 9.11 Å². The molecule has 0 radical (unpaired) electrons. The molecule has 1 spiro atoms. The second kappa shape index (κ2) is 9.48. The minimum absolute atomic E-state index is 0.109. The highest BCUT2D eigenvalue weighted by atomic mass is 32.2. The third-order valence-electron chi connectivity index (χ3n) is 7.05. The largest absolute Gasteiger partial charge is 0.417 e. The molecule has 0 saturated carbocycles. The zero-order valence-corrected chi connectivity index (χ0v) is 20.2. The van der Waals surface area contributed by atoms with Crippen LogP contribution in [-0.2, 0) is 12.7 Å². The topological polar surface area (TPSA) is 18.5 Å². The highest BCUT2D eigenvalue weighted by Gasteiger charge is 2.46. The van der Waals surface area contributed by atoms with Crippen molar-refractivity contribution in [3.05, 3.63) is 89.7 Å². The Hall–Kier alpha value is -2.55. The molecule has 3 nitrogen and oxygen atoms in total. The van der Waals surface area contributed by atoms with E-state index in [1.165, 1.54) is 30.3 Å². The Morgan fingerprint density at radius 3 is 2.60 bits per heavy atom. The Morgan fingerprint density at radius 2 is 1.83 bits per heavy atom. The summed E-state index contributed by atoms with van der Waals surface area (Å²) in [7, 11) is 0. The normalized spacial score (nSPS) is 23.2. The van der Waals surface area contributed by atoms with E-state index in [2.05, 4.69) is 20.9 Å². The smallest absolute Gasteiger partial charge is 0.296 e. The Labute approximate surface area is 207 Å². The summed E-state index contributed by atoms with van der Waals surface area (Å²) in [4.78, 5) is 2.38. The molecule has 2 saturated heterocycles. The fourth-order valence-corrected chi connectivity index (χ4v) is 6.42. The summed E-state index contributed by atoms with van der Waals surface area (Å²) in [5, 5.41) is 0. The fourth-order valence-electron chi connectivity index (χ4n) is 5.32. The van der Waals surface area contributed by atoms with Crippen LogP contribution in [-0.4, -0.2) is 29.6 Å². The second-order valence-corrected chi connectivity index (χ2v) is 10.3. The summed E-state index contributed by atoms with van der Waals surface area (Å²) in [5.41, 5.74) is 1.90. The van der Waals surface area contributed by atoms with Crippen LogP contribution in [0.2, 0.25) is 0 Å². The molecule has 2 atom stereocenters. The number of benzene rings is 3. The maximum atomic E-state index is 13.9. The van der Waals surface area contributed by atoms with Crippen LogP contribution < -0.4 is 9.03 Å². The van der Waals surface area contributed by atoms with Gasteiger partial charge in [0.15, 0.2) is 0 Å². The van der Waals surface area contributed by atoms with Gasteiger partial charge in [-0.05, 0) is 66.8 Å². The van der Waals surface area contributed by atoms with Crippen LogP contribution in [0.1, 0.15) is 30.9 Å².